The van der Waals surface area contributed by atoms with Crippen LogP contribution in [0.5, 0.6) is 0 Å². The van der Waals surface area contributed by atoms with Crippen molar-refractivity contribution in [3.8, 4) is 0 Å². The summed E-state index contributed by atoms with van der Waals surface area (Å²) >= 11 is 0. The minimum absolute atomic E-state index is 0.102. The zero-order valence-electron chi connectivity index (χ0n) is 9.60. The normalized spacial score (nSPS) is 11.8. The van der Waals surface area contributed by atoms with Gasteiger partial charge in [-0.25, -0.2) is 4.18 Å². The van der Waals surface area contributed by atoms with E-state index in [1.165, 1.54) is 14.2 Å². The smallest absolute Gasteiger partial charge is 0.369 e. The summed E-state index contributed by atoms with van der Waals surface area (Å²) in [5.41, 5.74) is 4.95. The van der Waals surface area contributed by atoms with Crippen molar-refractivity contribution in [3.63, 3.8) is 0 Å². The molecule has 0 saturated heterocycles. The highest BCUT2D eigenvalue weighted by Crippen LogP contribution is 2.15. The Morgan fingerprint density at radius 1 is 1.39 bits per heavy atom. The van der Waals surface area contributed by atoms with Crippen LogP contribution in [0.4, 0.5) is 0 Å². The van der Waals surface area contributed by atoms with Crippen molar-refractivity contribution < 1.29 is 41.1 Å². The van der Waals surface area contributed by atoms with Crippen LogP contribution in [0.2, 0.25) is 0 Å². The van der Waals surface area contributed by atoms with Crippen LogP contribution < -0.4 is 5.73 Å². The Morgan fingerprint density at radius 2 is 1.83 bits per heavy atom. The first-order valence-corrected chi connectivity index (χ1v) is 6.47. The molecule has 0 rings (SSSR count). The summed E-state index contributed by atoms with van der Waals surface area (Å²) in [6, 6.07) is 0. The largest absolute Gasteiger partial charge is 0.399 e. The Hall–Kier alpha value is -0.680. The van der Waals surface area contributed by atoms with Crippen LogP contribution in [0.1, 0.15) is 0 Å². The highest BCUT2D eigenvalue weighted by Gasteiger charge is 2.36. The number of hydrogen-bond acceptors (Lipinski definition) is 8. The molecule has 0 aromatic carbocycles. The summed E-state index contributed by atoms with van der Waals surface area (Å²) in [5.74, 6) is -2.34. The molecule has 0 aromatic heterocycles. The molecular weight excluding hydrogens is 293 g/mol. The van der Waals surface area contributed by atoms with E-state index in [0.29, 0.717) is 0 Å². The lowest BCUT2D eigenvalue weighted by Gasteiger charge is -2.23. The lowest BCUT2D eigenvalue weighted by molar-refractivity contribution is -0.195. The van der Waals surface area contributed by atoms with Crippen molar-refractivity contribution in [1.82, 2.24) is 0 Å². The highest BCUT2D eigenvalue weighted by atomic mass is 32.3. The standard InChI is InChI=1S/C5H10NO4P.CH4O5S/c1-9-5(10-2,3-11-8)4(6)7;2-1-6-7(3,4)5/h3H2,1-2H3,(H2,6,7);2H,1H2,(H,3,4,5). The Bertz CT molecular complexity index is 352. The Labute approximate surface area is 105 Å². The molecule has 0 unspecified atom stereocenters. The van der Waals surface area contributed by atoms with Crippen LogP contribution >= 0.6 is 8.46 Å². The number of carbonyl (C=O) groups excluding carboxylic acids is 1. The molecular formula is C6H14NO9PS. The molecule has 4 N–H and O–H groups in total. The molecule has 0 atom stereocenters. The number of methoxy groups -OCH3 is 2. The monoisotopic (exact) mass is 307 g/mol. The van der Waals surface area contributed by atoms with E-state index in [4.69, 9.17) is 15.4 Å². The average Bonchev–Trinajstić information content (AvgIpc) is 2.24. The zero-order valence-corrected chi connectivity index (χ0v) is 11.3. The maximum Gasteiger partial charge on any atom is 0.399 e. The molecule has 108 valence electrons. The Morgan fingerprint density at radius 3 is 1.89 bits per heavy atom. The lowest BCUT2D eigenvalue weighted by atomic mass is 10.3. The average molecular weight is 307 g/mol. The van der Waals surface area contributed by atoms with Gasteiger partial charge in [-0.15, -0.1) is 0 Å². The van der Waals surface area contributed by atoms with Crippen molar-refractivity contribution in [1.29, 1.82) is 0 Å². The summed E-state index contributed by atoms with van der Waals surface area (Å²) in [6.45, 7) is -1.03. The van der Waals surface area contributed by atoms with Gasteiger partial charge in [0.15, 0.2) is 15.3 Å². The second kappa shape index (κ2) is 9.28. The highest BCUT2D eigenvalue weighted by molar-refractivity contribution is 7.80. The third kappa shape index (κ3) is 8.42. The molecule has 0 aliphatic rings. The first-order valence-electron chi connectivity index (χ1n) is 4.11. The molecule has 0 bridgehead atoms. The molecule has 0 spiro atoms. The fourth-order valence-electron chi connectivity index (χ4n) is 0.643. The summed E-state index contributed by atoms with van der Waals surface area (Å²) in [6.07, 6.45) is -0.102. The maximum atomic E-state index is 10.7. The fraction of sp³-hybridized carbons (Fsp3) is 0.833. The van der Waals surface area contributed by atoms with Gasteiger partial charge in [0.2, 0.25) is 0 Å². The number of aliphatic hydroxyl groups is 1. The molecule has 1 amide bonds. The molecule has 0 heterocycles. The van der Waals surface area contributed by atoms with E-state index in [1.54, 1.807) is 0 Å². The minimum atomic E-state index is -4.42. The van der Waals surface area contributed by atoms with Gasteiger partial charge in [0, 0.05) is 14.2 Å². The lowest BCUT2D eigenvalue weighted by Crippen LogP contribution is -2.49. The van der Waals surface area contributed by atoms with Gasteiger partial charge in [0.1, 0.15) is 0 Å². The summed E-state index contributed by atoms with van der Waals surface area (Å²) in [4.78, 5) is 10.7. The van der Waals surface area contributed by atoms with E-state index >= 15 is 0 Å². The van der Waals surface area contributed by atoms with Crippen LogP contribution in [-0.2, 0) is 33.4 Å². The molecule has 0 aromatic rings. The fourth-order valence-corrected chi connectivity index (χ4v) is 1.36. The summed E-state index contributed by atoms with van der Waals surface area (Å²) < 4.78 is 49.3. The number of nitrogens with two attached hydrogens (primary N) is 1. The van der Waals surface area contributed by atoms with Crippen molar-refractivity contribution in [2.45, 2.75) is 5.79 Å². The van der Waals surface area contributed by atoms with Crippen LogP contribution in [-0.4, -0.2) is 56.9 Å². The molecule has 18 heavy (non-hydrogen) atoms. The first kappa shape index (κ1) is 19.7. The van der Waals surface area contributed by atoms with Gasteiger partial charge in [-0.3, -0.25) is 13.9 Å². The SMILES string of the molecule is COC(CP=O)(OC)C(N)=O.O=S(=O)(O)OCO. The molecule has 0 aliphatic heterocycles. The van der Waals surface area contributed by atoms with E-state index in [1.807, 2.05) is 0 Å². The van der Waals surface area contributed by atoms with Crippen molar-refractivity contribution in [3.05, 3.63) is 0 Å². The summed E-state index contributed by atoms with van der Waals surface area (Å²) in [7, 11) is -2.15. The number of ether oxygens (including phenoxy) is 2. The molecule has 0 aliphatic carbocycles. The van der Waals surface area contributed by atoms with E-state index in [2.05, 4.69) is 13.7 Å². The van der Waals surface area contributed by atoms with Gasteiger partial charge in [0.05, 0.1) is 6.16 Å². The number of rotatable bonds is 7. The van der Waals surface area contributed by atoms with E-state index < -0.39 is 28.9 Å². The van der Waals surface area contributed by atoms with Gasteiger partial charge in [-0.2, -0.15) is 8.42 Å². The predicted molar refractivity (Wildman–Crippen MR) is 58.1 cm³/mol. The number of carbonyl (C=O) groups is 1. The number of amides is 1. The van der Waals surface area contributed by atoms with Crippen LogP contribution in [0.15, 0.2) is 0 Å². The summed E-state index contributed by atoms with van der Waals surface area (Å²) in [5, 5.41) is 7.64. The van der Waals surface area contributed by atoms with Gasteiger partial charge < -0.3 is 20.3 Å². The van der Waals surface area contributed by atoms with E-state index in [-0.39, 0.29) is 14.6 Å². The number of hydrogen-bond donors (Lipinski definition) is 3. The van der Waals surface area contributed by atoms with E-state index in [0.717, 1.165) is 0 Å². The maximum absolute atomic E-state index is 10.7. The van der Waals surface area contributed by atoms with Gasteiger partial charge >= 0.3 is 10.4 Å². The Balaban J connectivity index is 0. The molecule has 0 radical (unpaired) electrons. The van der Waals surface area contributed by atoms with Crippen LogP contribution in [0.25, 0.3) is 0 Å². The molecule has 0 saturated carbocycles. The third-order valence-corrected chi connectivity index (χ3v) is 2.46. The predicted octanol–water partition coefficient (Wildman–Crippen LogP) is -1.49. The quantitative estimate of drug-likeness (QED) is 0.289. The van der Waals surface area contributed by atoms with Crippen LogP contribution in [0.3, 0.4) is 0 Å². The second-order valence-electron chi connectivity index (χ2n) is 2.49. The zero-order chi connectivity index (χ0) is 14.8. The number of primary amides is 1. The minimum Gasteiger partial charge on any atom is -0.369 e. The van der Waals surface area contributed by atoms with Crippen molar-refractivity contribution >= 4 is 24.8 Å². The number of aliphatic hydroxyl groups excluding tert-OH is 1. The van der Waals surface area contributed by atoms with Crippen LogP contribution in [0, 0.1) is 0 Å². The topological polar surface area (TPSA) is 162 Å². The van der Waals surface area contributed by atoms with Gasteiger partial charge in [0.25, 0.3) is 11.7 Å². The Kier molecular flexibility index (Phi) is 10.1. The van der Waals surface area contributed by atoms with Gasteiger partial charge in [-0.1, -0.05) is 0 Å². The molecule has 12 heteroatoms. The van der Waals surface area contributed by atoms with Crippen molar-refractivity contribution in [2.75, 3.05) is 27.2 Å². The second-order valence-corrected chi connectivity index (χ2v) is 4.15. The molecule has 10 nitrogen and oxygen atoms in total. The van der Waals surface area contributed by atoms with E-state index in [9.17, 15) is 17.8 Å². The first-order chi connectivity index (χ1) is 8.19. The van der Waals surface area contributed by atoms with Gasteiger partial charge in [-0.05, 0) is 0 Å². The van der Waals surface area contributed by atoms with Crippen molar-refractivity contribution in [2.24, 2.45) is 5.73 Å². The molecule has 0 fully saturated rings. The third-order valence-electron chi connectivity index (χ3n) is 1.51.